The molecule has 0 aromatic heterocycles. The van der Waals surface area contributed by atoms with Crippen molar-refractivity contribution in [2.75, 3.05) is 13.2 Å². The van der Waals surface area contributed by atoms with Crippen LogP contribution in [0.15, 0.2) is 30.3 Å². The molecule has 0 aliphatic heterocycles. The van der Waals surface area contributed by atoms with Gasteiger partial charge in [-0.1, -0.05) is 30.3 Å². The quantitative estimate of drug-likeness (QED) is 0.784. The van der Waals surface area contributed by atoms with Crippen LogP contribution >= 0.6 is 0 Å². The van der Waals surface area contributed by atoms with E-state index in [9.17, 15) is 4.79 Å². The normalized spacial score (nSPS) is 13.1. The van der Waals surface area contributed by atoms with Crippen LogP contribution in [-0.2, 0) is 16.0 Å². The minimum absolute atomic E-state index is 0.142. The lowest BCUT2D eigenvalue weighted by Crippen LogP contribution is -2.47. The number of hydrogen-bond acceptors (Lipinski definition) is 3. The molecule has 1 aromatic carbocycles. The Labute approximate surface area is 115 Å². The van der Waals surface area contributed by atoms with E-state index >= 15 is 0 Å². The molecular weight excluding hydrogens is 240 g/mol. The van der Waals surface area contributed by atoms with Gasteiger partial charge in [0.25, 0.3) is 0 Å². The van der Waals surface area contributed by atoms with Crippen LogP contribution in [0.5, 0.6) is 0 Å². The summed E-state index contributed by atoms with van der Waals surface area (Å²) >= 11 is 0. The number of rotatable bonds is 7. The maximum absolute atomic E-state index is 11.9. The van der Waals surface area contributed by atoms with Gasteiger partial charge >= 0.3 is 0 Å². The highest BCUT2D eigenvalue weighted by Gasteiger charge is 2.21. The molecule has 1 amide bonds. The van der Waals surface area contributed by atoms with Crippen LogP contribution in [0.2, 0.25) is 0 Å². The molecule has 0 saturated heterocycles. The largest absolute Gasteiger partial charge is 0.374 e. The van der Waals surface area contributed by atoms with Crippen LogP contribution in [0, 0.1) is 0 Å². The lowest BCUT2D eigenvalue weighted by Gasteiger charge is -2.25. The maximum Gasteiger partial charge on any atom is 0.237 e. The molecule has 0 aliphatic rings. The van der Waals surface area contributed by atoms with Gasteiger partial charge < -0.3 is 15.8 Å². The first-order chi connectivity index (χ1) is 8.94. The van der Waals surface area contributed by atoms with Crippen LogP contribution < -0.4 is 11.1 Å². The van der Waals surface area contributed by atoms with Crippen molar-refractivity contribution < 1.29 is 9.53 Å². The van der Waals surface area contributed by atoms with Gasteiger partial charge in [0.2, 0.25) is 5.91 Å². The lowest BCUT2D eigenvalue weighted by molar-refractivity contribution is -0.123. The standard InChI is InChI=1S/C15H24N2O2/c1-4-19-15(2,3)11-17-14(18)13(16)10-12-8-6-5-7-9-12/h5-9,13H,4,10-11,16H2,1-3H3,(H,17,18). The van der Waals surface area contributed by atoms with E-state index in [0.717, 1.165) is 5.56 Å². The van der Waals surface area contributed by atoms with Crippen LogP contribution in [0.25, 0.3) is 0 Å². The molecule has 0 heterocycles. The first-order valence-electron chi connectivity index (χ1n) is 6.66. The van der Waals surface area contributed by atoms with E-state index in [1.165, 1.54) is 0 Å². The van der Waals surface area contributed by atoms with Crippen molar-refractivity contribution in [1.82, 2.24) is 5.32 Å². The molecule has 19 heavy (non-hydrogen) atoms. The lowest BCUT2D eigenvalue weighted by atomic mass is 10.1. The van der Waals surface area contributed by atoms with E-state index < -0.39 is 6.04 Å². The van der Waals surface area contributed by atoms with Crippen molar-refractivity contribution in [2.24, 2.45) is 5.73 Å². The average Bonchev–Trinajstić information content (AvgIpc) is 2.37. The molecule has 1 unspecified atom stereocenters. The number of nitrogens with one attached hydrogen (secondary N) is 1. The number of nitrogens with two attached hydrogens (primary N) is 1. The molecule has 0 fully saturated rings. The van der Waals surface area contributed by atoms with Crippen molar-refractivity contribution >= 4 is 5.91 Å². The molecular formula is C15H24N2O2. The Balaban J connectivity index is 2.41. The van der Waals surface area contributed by atoms with Gasteiger partial charge in [-0.15, -0.1) is 0 Å². The van der Waals surface area contributed by atoms with E-state index in [1.54, 1.807) is 0 Å². The molecule has 0 aliphatic carbocycles. The fraction of sp³-hybridized carbons (Fsp3) is 0.533. The summed E-state index contributed by atoms with van der Waals surface area (Å²) in [4.78, 5) is 11.9. The van der Waals surface area contributed by atoms with Crippen LogP contribution in [0.4, 0.5) is 0 Å². The predicted molar refractivity (Wildman–Crippen MR) is 76.8 cm³/mol. The second-order valence-electron chi connectivity index (χ2n) is 5.21. The Kier molecular flexibility index (Phi) is 5.99. The van der Waals surface area contributed by atoms with Crippen LogP contribution in [-0.4, -0.2) is 30.7 Å². The SMILES string of the molecule is CCOC(C)(C)CNC(=O)C(N)Cc1ccccc1. The van der Waals surface area contributed by atoms with Gasteiger partial charge in [0.05, 0.1) is 11.6 Å². The summed E-state index contributed by atoms with van der Waals surface area (Å²) in [5.74, 6) is -0.142. The molecule has 0 bridgehead atoms. The fourth-order valence-corrected chi connectivity index (χ4v) is 1.83. The molecule has 0 radical (unpaired) electrons. The number of hydrogen-bond donors (Lipinski definition) is 2. The molecule has 4 nitrogen and oxygen atoms in total. The summed E-state index contributed by atoms with van der Waals surface area (Å²) < 4.78 is 5.52. The summed E-state index contributed by atoms with van der Waals surface area (Å²) in [6.45, 7) is 6.91. The second-order valence-corrected chi connectivity index (χ2v) is 5.21. The molecule has 0 spiro atoms. The van der Waals surface area contributed by atoms with Crippen molar-refractivity contribution in [3.63, 3.8) is 0 Å². The Morgan fingerprint density at radius 3 is 2.58 bits per heavy atom. The van der Waals surface area contributed by atoms with Gasteiger partial charge in [-0.3, -0.25) is 4.79 Å². The Hall–Kier alpha value is -1.39. The minimum atomic E-state index is -0.528. The molecule has 106 valence electrons. The zero-order valence-electron chi connectivity index (χ0n) is 12.0. The second kappa shape index (κ2) is 7.26. The molecule has 0 saturated carbocycles. The van der Waals surface area contributed by atoms with Gasteiger partial charge in [0, 0.05) is 13.2 Å². The Bertz CT molecular complexity index is 390. The van der Waals surface area contributed by atoms with E-state index in [0.29, 0.717) is 19.6 Å². The third kappa shape index (κ3) is 5.85. The van der Waals surface area contributed by atoms with E-state index in [1.807, 2.05) is 51.1 Å². The third-order valence-corrected chi connectivity index (χ3v) is 2.86. The zero-order chi connectivity index (χ0) is 14.3. The highest BCUT2D eigenvalue weighted by molar-refractivity contribution is 5.81. The molecule has 1 atom stereocenters. The number of benzene rings is 1. The number of carbonyl (C=O) groups excluding carboxylic acids is 1. The van der Waals surface area contributed by atoms with E-state index in [4.69, 9.17) is 10.5 Å². The molecule has 3 N–H and O–H groups in total. The molecule has 1 rings (SSSR count). The first-order valence-corrected chi connectivity index (χ1v) is 6.66. The molecule has 1 aromatic rings. The monoisotopic (exact) mass is 264 g/mol. The Morgan fingerprint density at radius 1 is 1.37 bits per heavy atom. The van der Waals surface area contributed by atoms with Crippen molar-refractivity contribution in [1.29, 1.82) is 0 Å². The minimum Gasteiger partial charge on any atom is -0.374 e. The third-order valence-electron chi connectivity index (χ3n) is 2.86. The topological polar surface area (TPSA) is 64.3 Å². The maximum atomic E-state index is 11.9. The number of carbonyl (C=O) groups is 1. The van der Waals surface area contributed by atoms with Gasteiger partial charge in [0.1, 0.15) is 0 Å². The fourth-order valence-electron chi connectivity index (χ4n) is 1.83. The Morgan fingerprint density at radius 2 is 2.00 bits per heavy atom. The first kappa shape index (κ1) is 15.7. The van der Waals surface area contributed by atoms with Crippen molar-refractivity contribution in [3.8, 4) is 0 Å². The summed E-state index contributed by atoms with van der Waals surface area (Å²) in [6.07, 6.45) is 0.543. The smallest absolute Gasteiger partial charge is 0.237 e. The molecule has 4 heteroatoms. The van der Waals surface area contributed by atoms with Crippen LogP contribution in [0.3, 0.4) is 0 Å². The number of ether oxygens (including phenoxy) is 1. The van der Waals surface area contributed by atoms with E-state index in [-0.39, 0.29) is 11.5 Å². The summed E-state index contributed by atoms with van der Waals surface area (Å²) in [5.41, 5.74) is 6.60. The van der Waals surface area contributed by atoms with E-state index in [2.05, 4.69) is 5.32 Å². The van der Waals surface area contributed by atoms with Crippen LogP contribution in [0.1, 0.15) is 26.3 Å². The average molecular weight is 264 g/mol. The van der Waals surface area contributed by atoms with Crippen molar-refractivity contribution in [2.45, 2.75) is 38.8 Å². The van der Waals surface area contributed by atoms with Gasteiger partial charge in [-0.05, 0) is 32.8 Å². The predicted octanol–water partition coefficient (Wildman–Crippen LogP) is 1.49. The summed E-state index contributed by atoms with van der Waals surface area (Å²) in [7, 11) is 0. The van der Waals surface area contributed by atoms with Crippen molar-refractivity contribution in [3.05, 3.63) is 35.9 Å². The number of amides is 1. The van der Waals surface area contributed by atoms with Gasteiger partial charge in [-0.2, -0.15) is 0 Å². The van der Waals surface area contributed by atoms with Gasteiger partial charge in [-0.25, -0.2) is 0 Å². The highest BCUT2D eigenvalue weighted by Crippen LogP contribution is 2.07. The zero-order valence-corrected chi connectivity index (χ0v) is 12.0. The summed E-state index contributed by atoms with van der Waals surface area (Å²) in [6, 6.07) is 9.24. The highest BCUT2D eigenvalue weighted by atomic mass is 16.5. The van der Waals surface area contributed by atoms with Gasteiger partial charge in [0.15, 0.2) is 0 Å². The summed E-state index contributed by atoms with van der Waals surface area (Å²) in [5, 5.41) is 2.84.